The SMILES string of the molecule is CC(C)C[N+](C(=O)CCc1ccc(N)cc1)([C@@H](CCCCN)C(=O)O)S(=O)(=O)c1ccc(N)cc1. The molecule has 0 aliphatic heterocycles. The Morgan fingerprint density at radius 1 is 0.943 bits per heavy atom. The Labute approximate surface area is 207 Å². The number of carboxylic acids is 1. The van der Waals surface area contributed by atoms with Crippen LogP contribution in [-0.4, -0.2) is 48.4 Å². The molecule has 2 aromatic rings. The molecular weight excluding hydrogens is 468 g/mol. The van der Waals surface area contributed by atoms with E-state index in [9.17, 15) is 23.1 Å². The van der Waals surface area contributed by atoms with Crippen molar-refractivity contribution < 1.29 is 27.0 Å². The Bertz CT molecular complexity index is 1100. The number of aryl methyl sites for hydroxylation is 1. The highest BCUT2D eigenvalue weighted by atomic mass is 32.2. The zero-order valence-corrected chi connectivity index (χ0v) is 21.2. The molecule has 0 bridgehead atoms. The lowest BCUT2D eigenvalue weighted by Crippen LogP contribution is -2.66. The Kier molecular flexibility index (Phi) is 9.82. The predicted octanol–water partition coefficient (Wildman–Crippen LogP) is 2.75. The van der Waals surface area contributed by atoms with Crippen molar-refractivity contribution in [3.8, 4) is 0 Å². The van der Waals surface area contributed by atoms with Gasteiger partial charge in [-0.05, 0) is 67.8 Å². The molecule has 1 amide bonds. The first-order valence-electron chi connectivity index (χ1n) is 11.7. The van der Waals surface area contributed by atoms with Gasteiger partial charge in [-0.25, -0.2) is 9.59 Å². The van der Waals surface area contributed by atoms with Gasteiger partial charge in [0.25, 0.3) is 0 Å². The zero-order chi connectivity index (χ0) is 26.2. The van der Waals surface area contributed by atoms with Gasteiger partial charge in [-0.1, -0.05) is 26.0 Å². The van der Waals surface area contributed by atoms with Crippen LogP contribution in [-0.2, 0) is 26.0 Å². The molecular formula is C25H37N4O5S+. The summed E-state index contributed by atoms with van der Waals surface area (Å²) < 4.78 is 27.2. The van der Waals surface area contributed by atoms with Gasteiger partial charge in [-0.3, -0.25) is 0 Å². The summed E-state index contributed by atoms with van der Waals surface area (Å²) in [5.74, 6) is -2.27. The molecule has 1 unspecified atom stereocenters. The average molecular weight is 506 g/mol. The summed E-state index contributed by atoms with van der Waals surface area (Å²) in [4.78, 5) is 26.4. The molecule has 0 aliphatic rings. The van der Waals surface area contributed by atoms with E-state index in [1.165, 1.54) is 24.3 Å². The highest BCUT2D eigenvalue weighted by Gasteiger charge is 2.57. The molecule has 35 heavy (non-hydrogen) atoms. The molecule has 0 radical (unpaired) electrons. The smallest absolute Gasteiger partial charge is 0.364 e. The van der Waals surface area contributed by atoms with Gasteiger partial charge in [0.1, 0.15) is 11.4 Å². The lowest BCUT2D eigenvalue weighted by atomic mass is 10.0. The Morgan fingerprint density at radius 3 is 1.97 bits per heavy atom. The number of nitrogens with zero attached hydrogens (tertiary/aromatic N) is 1. The zero-order valence-electron chi connectivity index (χ0n) is 20.4. The quantitative estimate of drug-likeness (QED) is 0.183. The lowest BCUT2D eigenvalue weighted by Gasteiger charge is -2.40. The summed E-state index contributed by atoms with van der Waals surface area (Å²) in [6.45, 7) is 3.72. The van der Waals surface area contributed by atoms with Crippen LogP contribution in [0.25, 0.3) is 0 Å². The molecule has 192 valence electrons. The minimum absolute atomic E-state index is 0.00106. The minimum atomic E-state index is -4.47. The van der Waals surface area contributed by atoms with Crippen molar-refractivity contribution in [2.75, 3.05) is 24.6 Å². The van der Waals surface area contributed by atoms with Gasteiger partial charge in [-0.2, -0.15) is 8.42 Å². The predicted molar refractivity (Wildman–Crippen MR) is 137 cm³/mol. The highest BCUT2D eigenvalue weighted by Crippen LogP contribution is 2.34. The summed E-state index contributed by atoms with van der Waals surface area (Å²) in [6, 6.07) is 11.0. The molecule has 7 N–H and O–H groups in total. The lowest BCUT2D eigenvalue weighted by molar-refractivity contribution is -0.753. The largest absolute Gasteiger partial charge is 0.477 e. The number of rotatable bonds is 13. The van der Waals surface area contributed by atoms with Crippen LogP contribution in [0.1, 0.15) is 45.1 Å². The Morgan fingerprint density at radius 2 is 1.49 bits per heavy atom. The van der Waals surface area contributed by atoms with Crippen molar-refractivity contribution >= 4 is 33.3 Å². The normalized spacial score (nSPS) is 14.4. The van der Waals surface area contributed by atoms with E-state index in [1.54, 1.807) is 38.1 Å². The first-order valence-corrected chi connectivity index (χ1v) is 13.2. The topological polar surface area (TPSA) is 167 Å². The second kappa shape index (κ2) is 12.1. The van der Waals surface area contributed by atoms with Crippen molar-refractivity contribution in [3.63, 3.8) is 0 Å². The third kappa shape index (κ3) is 6.59. The van der Waals surface area contributed by atoms with E-state index in [0.29, 0.717) is 30.8 Å². The van der Waals surface area contributed by atoms with Gasteiger partial charge in [0.15, 0.2) is 0 Å². The minimum Gasteiger partial charge on any atom is -0.477 e. The van der Waals surface area contributed by atoms with E-state index in [0.717, 1.165) is 5.56 Å². The molecule has 0 aromatic heterocycles. The van der Waals surface area contributed by atoms with Crippen LogP contribution < -0.4 is 17.2 Å². The molecule has 0 spiro atoms. The highest BCUT2D eigenvalue weighted by molar-refractivity contribution is 7.86. The number of hydrogen-bond acceptors (Lipinski definition) is 7. The van der Waals surface area contributed by atoms with Gasteiger partial charge in [0.05, 0.1) is 6.42 Å². The fourth-order valence-corrected chi connectivity index (χ4v) is 6.53. The Balaban J connectivity index is 2.66. The van der Waals surface area contributed by atoms with Crippen LogP contribution >= 0.6 is 0 Å². The van der Waals surface area contributed by atoms with E-state index in [4.69, 9.17) is 17.2 Å². The molecule has 0 aliphatic carbocycles. The first-order chi connectivity index (χ1) is 16.5. The van der Waals surface area contributed by atoms with Crippen LogP contribution in [0.15, 0.2) is 53.4 Å². The number of carboxylic acid groups (broad SMARTS) is 1. The summed E-state index contributed by atoms with van der Waals surface area (Å²) >= 11 is 0. The maximum Gasteiger partial charge on any atom is 0.364 e. The monoisotopic (exact) mass is 505 g/mol. The van der Waals surface area contributed by atoms with E-state index in [2.05, 4.69) is 0 Å². The molecule has 0 fully saturated rings. The molecule has 10 heteroatoms. The van der Waals surface area contributed by atoms with Crippen molar-refractivity contribution in [1.29, 1.82) is 0 Å². The van der Waals surface area contributed by atoms with Crippen LogP contribution in [0.3, 0.4) is 0 Å². The molecule has 9 nitrogen and oxygen atoms in total. The molecule has 2 atom stereocenters. The number of aliphatic carboxylic acids is 1. The van der Waals surface area contributed by atoms with Crippen LogP contribution in [0.4, 0.5) is 11.4 Å². The number of nitrogen functional groups attached to an aromatic ring is 2. The van der Waals surface area contributed by atoms with Crippen LogP contribution in [0.5, 0.6) is 0 Å². The van der Waals surface area contributed by atoms with E-state index >= 15 is 0 Å². The number of unbranched alkanes of at least 4 members (excludes halogenated alkanes) is 1. The fraction of sp³-hybridized carbons (Fsp3) is 0.440. The number of carbonyl (C=O) groups is 2. The second-order valence-electron chi connectivity index (χ2n) is 9.19. The number of carbonyl (C=O) groups excluding carboxylic acids is 1. The first kappa shape index (κ1) is 28.3. The van der Waals surface area contributed by atoms with E-state index in [1.807, 2.05) is 0 Å². The number of sulfonamides is 1. The third-order valence-electron chi connectivity index (χ3n) is 5.99. The van der Waals surface area contributed by atoms with E-state index < -0.39 is 31.8 Å². The summed E-state index contributed by atoms with van der Waals surface area (Å²) in [5, 5.41) is 10.2. The summed E-state index contributed by atoms with van der Waals surface area (Å²) in [7, 11) is -4.47. The third-order valence-corrected chi connectivity index (χ3v) is 8.33. The number of quaternary nitrogens is 1. The van der Waals surface area contributed by atoms with Gasteiger partial charge < -0.3 is 22.3 Å². The summed E-state index contributed by atoms with van der Waals surface area (Å²) in [6.07, 6.45) is 1.01. The molecule has 0 heterocycles. The van der Waals surface area contributed by atoms with E-state index in [-0.39, 0.29) is 36.6 Å². The summed E-state index contributed by atoms with van der Waals surface area (Å²) in [5.41, 5.74) is 18.8. The molecule has 2 rings (SSSR count). The van der Waals surface area contributed by atoms with Crippen molar-refractivity contribution in [2.24, 2.45) is 11.7 Å². The Hall–Kier alpha value is -2.95. The van der Waals surface area contributed by atoms with Crippen molar-refractivity contribution in [3.05, 3.63) is 54.1 Å². The number of nitrogens with two attached hydrogens (primary N) is 3. The van der Waals surface area contributed by atoms with Gasteiger partial charge in [0.2, 0.25) is 6.04 Å². The number of amides is 1. The number of hydrogen-bond donors (Lipinski definition) is 4. The van der Waals surface area contributed by atoms with Crippen molar-refractivity contribution in [2.45, 2.75) is 56.9 Å². The second-order valence-corrected chi connectivity index (χ2v) is 11.3. The number of anilines is 2. The van der Waals surface area contributed by atoms with Crippen LogP contribution in [0.2, 0.25) is 0 Å². The van der Waals surface area contributed by atoms with Crippen LogP contribution in [0, 0.1) is 5.92 Å². The maximum absolute atomic E-state index is 14.2. The molecule has 0 saturated heterocycles. The standard InChI is InChI=1S/C25H36N4O5S/c1-18(2)17-29(23(25(31)32)5-3-4-16-26,35(33,34)22-13-11-21(28)12-14-22)24(30)15-8-19-6-9-20(27)10-7-19/h6-7,9-14,18,23H,3-5,8,15-17,26-28H2,1-2H3/p+1/t23-,29?/m0/s1. The van der Waals surface area contributed by atoms with Gasteiger partial charge in [0, 0.05) is 23.7 Å². The average Bonchev–Trinajstić information content (AvgIpc) is 2.80. The van der Waals surface area contributed by atoms with Gasteiger partial charge in [-0.15, -0.1) is 3.89 Å². The fourth-order valence-electron chi connectivity index (χ4n) is 4.29. The number of benzene rings is 2. The molecule has 0 saturated carbocycles. The van der Waals surface area contributed by atoms with Gasteiger partial charge >= 0.3 is 21.9 Å². The van der Waals surface area contributed by atoms with Crippen molar-refractivity contribution in [1.82, 2.24) is 0 Å². The maximum atomic E-state index is 14.2. The molecule has 2 aromatic carbocycles.